The van der Waals surface area contributed by atoms with Crippen molar-refractivity contribution in [3.63, 3.8) is 0 Å². The normalized spacial score (nSPS) is 19.4. The molecule has 0 bridgehead atoms. The lowest BCUT2D eigenvalue weighted by atomic mass is 10.0. The van der Waals surface area contributed by atoms with Crippen molar-refractivity contribution in [2.45, 2.75) is 38.8 Å². The van der Waals surface area contributed by atoms with Gasteiger partial charge in [0.1, 0.15) is 12.6 Å². The van der Waals surface area contributed by atoms with E-state index in [9.17, 15) is 19.2 Å². The van der Waals surface area contributed by atoms with Crippen molar-refractivity contribution in [2.75, 3.05) is 6.54 Å². The Morgan fingerprint density at radius 3 is 2.48 bits per heavy atom. The van der Waals surface area contributed by atoms with E-state index in [1.54, 1.807) is 0 Å². The monoisotopic (exact) mass is 321 g/mol. The topological polar surface area (TPSA) is 130 Å². The molecule has 2 atom stereocenters. The van der Waals surface area contributed by atoms with Crippen LogP contribution < -0.4 is 11.1 Å². The molecule has 8 nitrogen and oxygen atoms in total. The minimum atomic E-state index is -1.28. The second-order valence-electron chi connectivity index (χ2n) is 5.21. The number of likely N-dealkylation sites (tertiary alicyclic amines) is 1. The second-order valence-corrected chi connectivity index (χ2v) is 5.21. The number of halogens is 1. The number of nitrogens with two attached hydrogens (primary N) is 1. The second kappa shape index (κ2) is 7.94. The highest BCUT2D eigenvalue weighted by Gasteiger charge is 2.40. The van der Waals surface area contributed by atoms with Crippen molar-refractivity contribution in [1.82, 2.24) is 10.2 Å². The fourth-order valence-electron chi connectivity index (χ4n) is 1.99. The standard InChI is InChI=1S/C12H19N3O5.ClH/c1-6(2)3-7(13)11(19)14-8-4-9(16)15(12(8)20)5-10(17)18;/h6-8H,3-5,13H2,1-2H3,(H,14,19)(H,17,18);1H/t7-,8-;/m0./s1. The van der Waals surface area contributed by atoms with Crippen molar-refractivity contribution in [1.29, 1.82) is 0 Å². The van der Waals surface area contributed by atoms with Crippen molar-refractivity contribution in [3.05, 3.63) is 0 Å². The SMILES string of the molecule is CC(C)C[C@H](N)C(=O)N[C@H]1CC(=O)N(CC(=O)O)C1=O.Cl. The number of carbonyl (C=O) groups is 4. The number of carbonyl (C=O) groups excluding carboxylic acids is 3. The number of nitrogens with zero attached hydrogens (tertiary/aromatic N) is 1. The van der Waals surface area contributed by atoms with E-state index < -0.39 is 42.3 Å². The molecule has 0 aromatic heterocycles. The summed E-state index contributed by atoms with van der Waals surface area (Å²) in [6.07, 6.45) is 0.228. The van der Waals surface area contributed by atoms with Crippen LogP contribution in [-0.4, -0.2) is 52.3 Å². The van der Waals surface area contributed by atoms with E-state index in [0.29, 0.717) is 11.3 Å². The smallest absolute Gasteiger partial charge is 0.323 e. The Morgan fingerprint density at radius 1 is 1.43 bits per heavy atom. The van der Waals surface area contributed by atoms with Crippen LogP contribution in [0, 0.1) is 5.92 Å². The molecule has 1 aliphatic rings. The Balaban J connectivity index is 0.00000400. The van der Waals surface area contributed by atoms with Crippen LogP contribution in [0.25, 0.3) is 0 Å². The summed E-state index contributed by atoms with van der Waals surface area (Å²) in [5.74, 6) is -2.89. The van der Waals surface area contributed by atoms with E-state index in [4.69, 9.17) is 10.8 Å². The van der Waals surface area contributed by atoms with E-state index in [0.717, 1.165) is 0 Å². The fraction of sp³-hybridized carbons (Fsp3) is 0.667. The molecule has 1 heterocycles. The van der Waals surface area contributed by atoms with E-state index in [-0.39, 0.29) is 24.7 Å². The number of imide groups is 1. The molecule has 1 rings (SSSR count). The van der Waals surface area contributed by atoms with Crippen LogP contribution >= 0.6 is 12.4 Å². The molecule has 1 saturated heterocycles. The first-order chi connectivity index (χ1) is 9.22. The van der Waals surface area contributed by atoms with Gasteiger partial charge in [-0.3, -0.25) is 24.1 Å². The number of carboxylic acid groups (broad SMARTS) is 1. The van der Waals surface area contributed by atoms with Crippen LogP contribution in [0.3, 0.4) is 0 Å². The number of nitrogens with one attached hydrogen (secondary N) is 1. The van der Waals surface area contributed by atoms with Gasteiger partial charge in [0.05, 0.1) is 12.5 Å². The van der Waals surface area contributed by atoms with Crippen molar-refractivity contribution >= 4 is 36.1 Å². The molecular weight excluding hydrogens is 302 g/mol. The van der Waals surface area contributed by atoms with Gasteiger partial charge in [-0.05, 0) is 12.3 Å². The lowest BCUT2D eigenvalue weighted by Crippen LogP contribution is -2.49. The van der Waals surface area contributed by atoms with Crippen molar-refractivity contribution in [3.8, 4) is 0 Å². The maximum Gasteiger partial charge on any atom is 0.323 e. The Hall–Kier alpha value is -1.67. The molecule has 0 aromatic carbocycles. The van der Waals surface area contributed by atoms with E-state index in [1.165, 1.54) is 0 Å². The molecule has 21 heavy (non-hydrogen) atoms. The zero-order chi connectivity index (χ0) is 15.4. The van der Waals surface area contributed by atoms with Gasteiger partial charge in [0, 0.05) is 0 Å². The summed E-state index contributed by atoms with van der Waals surface area (Å²) < 4.78 is 0. The van der Waals surface area contributed by atoms with Crippen molar-refractivity contribution < 1.29 is 24.3 Å². The van der Waals surface area contributed by atoms with Gasteiger partial charge in [-0.2, -0.15) is 0 Å². The lowest BCUT2D eigenvalue weighted by Gasteiger charge is -2.17. The Bertz CT molecular complexity index is 441. The van der Waals surface area contributed by atoms with Gasteiger partial charge in [-0.1, -0.05) is 13.8 Å². The largest absolute Gasteiger partial charge is 0.480 e. The number of hydrogen-bond acceptors (Lipinski definition) is 5. The van der Waals surface area contributed by atoms with Gasteiger partial charge in [-0.25, -0.2) is 0 Å². The zero-order valence-electron chi connectivity index (χ0n) is 11.9. The van der Waals surface area contributed by atoms with E-state index >= 15 is 0 Å². The summed E-state index contributed by atoms with van der Waals surface area (Å²) in [5.41, 5.74) is 5.68. The molecule has 0 radical (unpaired) electrons. The average Bonchev–Trinajstić information content (AvgIpc) is 2.55. The van der Waals surface area contributed by atoms with Gasteiger partial charge in [0.2, 0.25) is 11.8 Å². The number of amides is 3. The summed E-state index contributed by atoms with van der Waals surface area (Å²) in [7, 11) is 0. The van der Waals surface area contributed by atoms with Crippen LogP contribution in [0.2, 0.25) is 0 Å². The molecule has 0 aliphatic carbocycles. The van der Waals surface area contributed by atoms with Gasteiger partial charge >= 0.3 is 5.97 Å². The van der Waals surface area contributed by atoms with Crippen LogP contribution in [0.5, 0.6) is 0 Å². The molecule has 120 valence electrons. The maximum absolute atomic E-state index is 11.8. The highest BCUT2D eigenvalue weighted by Crippen LogP contribution is 2.13. The molecule has 0 saturated carbocycles. The predicted molar refractivity (Wildman–Crippen MR) is 75.6 cm³/mol. The summed E-state index contributed by atoms with van der Waals surface area (Å²) >= 11 is 0. The summed E-state index contributed by atoms with van der Waals surface area (Å²) in [5, 5.41) is 11.0. The summed E-state index contributed by atoms with van der Waals surface area (Å²) in [6.45, 7) is 3.13. The molecular formula is C12H20ClN3O5. The zero-order valence-corrected chi connectivity index (χ0v) is 12.7. The molecule has 4 N–H and O–H groups in total. The minimum Gasteiger partial charge on any atom is -0.480 e. The fourth-order valence-corrected chi connectivity index (χ4v) is 1.99. The molecule has 0 aromatic rings. The summed E-state index contributed by atoms with van der Waals surface area (Å²) in [4.78, 5) is 46.3. The van der Waals surface area contributed by atoms with E-state index in [2.05, 4.69) is 5.32 Å². The van der Waals surface area contributed by atoms with E-state index in [1.807, 2.05) is 13.8 Å². The van der Waals surface area contributed by atoms with Crippen LogP contribution in [0.1, 0.15) is 26.7 Å². The quantitative estimate of drug-likeness (QED) is 0.544. The first-order valence-corrected chi connectivity index (χ1v) is 6.34. The Morgan fingerprint density at radius 2 is 2.00 bits per heavy atom. The molecule has 3 amide bonds. The van der Waals surface area contributed by atoms with Crippen LogP contribution in [0.4, 0.5) is 0 Å². The highest BCUT2D eigenvalue weighted by atomic mass is 35.5. The third kappa shape index (κ3) is 5.31. The summed E-state index contributed by atoms with van der Waals surface area (Å²) in [6, 6.07) is -1.78. The first kappa shape index (κ1) is 19.3. The van der Waals surface area contributed by atoms with Gasteiger partial charge < -0.3 is 16.2 Å². The molecule has 0 spiro atoms. The number of carboxylic acids is 1. The van der Waals surface area contributed by atoms with Gasteiger partial charge in [-0.15, -0.1) is 12.4 Å². The molecule has 1 fully saturated rings. The number of rotatable bonds is 6. The van der Waals surface area contributed by atoms with Crippen LogP contribution in [-0.2, 0) is 19.2 Å². The Kier molecular flexibility index (Phi) is 7.31. The number of aliphatic carboxylic acids is 1. The van der Waals surface area contributed by atoms with Gasteiger partial charge in [0.25, 0.3) is 5.91 Å². The highest BCUT2D eigenvalue weighted by molar-refractivity contribution is 6.08. The van der Waals surface area contributed by atoms with Gasteiger partial charge in [0.15, 0.2) is 0 Å². The number of hydrogen-bond donors (Lipinski definition) is 3. The molecule has 0 unspecified atom stereocenters. The lowest BCUT2D eigenvalue weighted by molar-refractivity contribution is -0.148. The Labute approximate surface area is 128 Å². The molecule has 1 aliphatic heterocycles. The predicted octanol–water partition coefficient (Wildman–Crippen LogP) is -0.890. The molecule has 9 heteroatoms. The minimum absolute atomic E-state index is 0. The van der Waals surface area contributed by atoms with Crippen molar-refractivity contribution in [2.24, 2.45) is 11.7 Å². The third-order valence-electron chi connectivity index (χ3n) is 2.92. The average molecular weight is 322 g/mol. The third-order valence-corrected chi connectivity index (χ3v) is 2.92. The maximum atomic E-state index is 11.8. The first-order valence-electron chi connectivity index (χ1n) is 6.34. The van der Waals surface area contributed by atoms with Crippen LogP contribution in [0.15, 0.2) is 0 Å².